The summed E-state index contributed by atoms with van der Waals surface area (Å²) in [4.78, 5) is 16.4. The van der Waals surface area contributed by atoms with E-state index in [4.69, 9.17) is 33.7 Å². The van der Waals surface area contributed by atoms with Crippen LogP contribution in [0.4, 0.5) is 11.4 Å². The van der Waals surface area contributed by atoms with Crippen LogP contribution in [0.5, 0.6) is 5.75 Å². The van der Waals surface area contributed by atoms with Crippen LogP contribution in [0.3, 0.4) is 0 Å². The molecule has 1 amide bonds. The average molecular weight is 454 g/mol. The van der Waals surface area contributed by atoms with Crippen molar-refractivity contribution in [1.29, 1.82) is 0 Å². The number of rotatable bonds is 6. The molecular weight excluding hydrogens is 437 g/mol. The van der Waals surface area contributed by atoms with Crippen molar-refractivity contribution in [1.82, 2.24) is 14.8 Å². The summed E-state index contributed by atoms with van der Waals surface area (Å²) in [5, 5.41) is 8.16. The number of benzene rings is 2. The summed E-state index contributed by atoms with van der Waals surface area (Å²) in [5.74, 6) is 0.0349. The monoisotopic (exact) mass is 453 g/mol. The first-order valence-corrected chi connectivity index (χ1v) is 9.94. The molecule has 156 valence electrons. The zero-order chi connectivity index (χ0) is 22.0. The minimum Gasteiger partial charge on any atom is -0.496 e. The van der Waals surface area contributed by atoms with E-state index in [0.717, 1.165) is 17.0 Å². The second-order valence-corrected chi connectivity index (χ2v) is 7.34. The zero-order valence-corrected chi connectivity index (χ0v) is 17.9. The van der Waals surface area contributed by atoms with Gasteiger partial charge in [0.25, 0.3) is 5.91 Å². The molecule has 0 unspecified atom stereocenters. The first-order chi connectivity index (χ1) is 15.0. The number of amides is 1. The topological polar surface area (TPSA) is 95.1 Å². The second-order valence-electron chi connectivity index (χ2n) is 6.53. The third kappa shape index (κ3) is 4.19. The Morgan fingerprint density at radius 3 is 2.45 bits per heavy atom. The molecule has 0 saturated heterocycles. The number of primary amides is 1. The maximum absolute atomic E-state index is 11.9. The van der Waals surface area contributed by atoms with Gasteiger partial charge in [0.1, 0.15) is 11.4 Å². The number of aromatic nitrogens is 3. The summed E-state index contributed by atoms with van der Waals surface area (Å²) in [6, 6.07) is 16.4. The van der Waals surface area contributed by atoms with E-state index in [2.05, 4.69) is 15.4 Å². The van der Waals surface area contributed by atoms with E-state index in [-0.39, 0.29) is 5.69 Å². The van der Waals surface area contributed by atoms with E-state index in [1.54, 1.807) is 37.7 Å². The van der Waals surface area contributed by atoms with Gasteiger partial charge in [-0.2, -0.15) is 5.10 Å². The van der Waals surface area contributed by atoms with E-state index < -0.39 is 5.91 Å². The predicted octanol–water partition coefficient (Wildman–Crippen LogP) is 5.09. The highest BCUT2D eigenvalue weighted by molar-refractivity contribution is 6.37. The number of hydrogen-bond donors (Lipinski definition) is 2. The number of carbonyl (C=O) groups excluding carboxylic acids is 1. The minimum absolute atomic E-state index is 0.0461. The third-order valence-corrected chi connectivity index (χ3v) is 5.15. The Balaban J connectivity index is 1.66. The molecular formula is C22H17Cl2N5O2. The molecule has 0 atom stereocenters. The van der Waals surface area contributed by atoms with Crippen LogP contribution in [0.15, 0.2) is 67.0 Å². The van der Waals surface area contributed by atoms with Crippen molar-refractivity contribution in [3.05, 3.63) is 82.7 Å². The molecule has 9 heteroatoms. The number of hydrogen-bond acceptors (Lipinski definition) is 5. The van der Waals surface area contributed by atoms with Crippen molar-refractivity contribution in [3.8, 4) is 22.7 Å². The van der Waals surface area contributed by atoms with Gasteiger partial charge in [-0.15, -0.1) is 0 Å². The van der Waals surface area contributed by atoms with Crippen molar-refractivity contribution < 1.29 is 9.53 Å². The van der Waals surface area contributed by atoms with Gasteiger partial charge in [-0.1, -0.05) is 41.4 Å². The van der Waals surface area contributed by atoms with E-state index in [0.29, 0.717) is 27.1 Å². The largest absolute Gasteiger partial charge is 0.496 e. The molecule has 0 saturated carbocycles. The molecule has 0 spiro atoms. The molecule has 0 fully saturated rings. The van der Waals surface area contributed by atoms with Gasteiger partial charge in [-0.3, -0.25) is 9.78 Å². The summed E-state index contributed by atoms with van der Waals surface area (Å²) in [7, 11) is 1.61. The Labute approximate surface area is 188 Å². The summed E-state index contributed by atoms with van der Waals surface area (Å²) >= 11 is 12.5. The summed E-state index contributed by atoms with van der Waals surface area (Å²) < 4.78 is 6.81. The maximum Gasteiger partial charge on any atom is 0.271 e. The van der Waals surface area contributed by atoms with Gasteiger partial charge in [-0.25, -0.2) is 4.68 Å². The number of anilines is 2. The molecule has 2 aromatic carbocycles. The maximum atomic E-state index is 11.9. The lowest BCUT2D eigenvalue weighted by Crippen LogP contribution is -2.14. The van der Waals surface area contributed by atoms with Crippen LogP contribution in [-0.4, -0.2) is 27.8 Å². The molecule has 7 nitrogen and oxygen atoms in total. The highest BCUT2D eigenvalue weighted by atomic mass is 35.5. The van der Waals surface area contributed by atoms with Crippen molar-refractivity contribution in [2.24, 2.45) is 5.73 Å². The highest BCUT2D eigenvalue weighted by Crippen LogP contribution is 2.31. The molecule has 2 aromatic heterocycles. The van der Waals surface area contributed by atoms with E-state index in [9.17, 15) is 4.79 Å². The second kappa shape index (κ2) is 8.67. The Hall–Kier alpha value is -3.55. The lowest BCUT2D eigenvalue weighted by atomic mass is 10.1. The summed E-state index contributed by atoms with van der Waals surface area (Å²) in [6.45, 7) is 0. The van der Waals surface area contributed by atoms with Gasteiger partial charge in [0.05, 0.1) is 46.6 Å². The number of methoxy groups -OCH3 is 1. The Morgan fingerprint density at radius 1 is 1.06 bits per heavy atom. The standard InChI is InChI=1S/C22H17Cl2N5O2/c1-31-19-8-3-2-5-14(19)17-10-9-13(11-26-17)27-18-12-29(28-20(18)22(25)30)21-15(23)6-4-7-16(21)24/h2-12,27H,1H3,(H2,25,30). The van der Waals surface area contributed by atoms with Gasteiger partial charge < -0.3 is 15.8 Å². The third-order valence-electron chi connectivity index (χ3n) is 4.54. The van der Waals surface area contributed by atoms with E-state index in [1.165, 1.54) is 4.68 Å². The number of carbonyl (C=O) groups is 1. The Morgan fingerprint density at radius 2 is 1.81 bits per heavy atom. The van der Waals surface area contributed by atoms with Crippen LogP contribution >= 0.6 is 23.2 Å². The molecule has 0 radical (unpaired) electrons. The smallest absolute Gasteiger partial charge is 0.271 e. The van der Waals surface area contributed by atoms with Crippen LogP contribution in [-0.2, 0) is 0 Å². The Kier molecular flexibility index (Phi) is 5.79. The van der Waals surface area contributed by atoms with Crippen LogP contribution in [0, 0.1) is 0 Å². The quantitative estimate of drug-likeness (QED) is 0.423. The molecule has 4 rings (SSSR count). The van der Waals surface area contributed by atoms with Crippen molar-refractivity contribution in [2.75, 3.05) is 12.4 Å². The highest BCUT2D eigenvalue weighted by Gasteiger charge is 2.18. The number of pyridine rings is 1. The molecule has 0 aliphatic rings. The lowest BCUT2D eigenvalue weighted by molar-refractivity contribution is 0.0996. The molecule has 2 heterocycles. The van der Waals surface area contributed by atoms with Crippen LogP contribution in [0.1, 0.15) is 10.5 Å². The van der Waals surface area contributed by atoms with Crippen LogP contribution in [0.25, 0.3) is 16.9 Å². The molecule has 4 aromatic rings. The molecule has 0 aliphatic heterocycles. The number of nitrogens with one attached hydrogen (secondary N) is 1. The number of halogens is 2. The fraction of sp³-hybridized carbons (Fsp3) is 0.0455. The van der Waals surface area contributed by atoms with E-state index >= 15 is 0 Å². The predicted molar refractivity (Wildman–Crippen MR) is 122 cm³/mol. The first-order valence-electron chi connectivity index (χ1n) is 9.18. The van der Waals surface area contributed by atoms with Crippen molar-refractivity contribution in [3.63, 3.8) is 0 Å². The number of para-hydroxylation sites is 2. The average Bonchev–Trinajstić information content (AvgIpc) is 3.17. The fourth-order valence-corrected chi connectivity index (χ4v) is 3.68. The SMILES string of the molecule is COc1ccccc1-c1ccc(Nc2cn(-c3c(Cl)cccc3Cl)nc2C(N)=O)cn1. The van der Waals surface area contributed by atoms with Crippen molar-refractivity contribution in [2.45, 2.75) is 0 Å². The van der Waals surface area contributed by atoms with Gasteiger partial charge in [-0.05, 0) is 36.4 Å². The zero-order valence-electron chi connectivity index (χ0n) is 16.3. The minimum atomic E-state index is -0.692. The van der Waals surface area contributed by atoms with Crippen molar-refractivity contribution >= 4 is 40.5 Å². The van der Waals surface area contributed by atoms with Gasteiger partial charge in [0.15, 0.2) is 5.69 Å². The number of ether oxygens (including phenoxy) is 1. The molecule has 0 aliphatic carbocycles. The molecule has 0 bridgehead atoms. The number of nitrogens with zero attached hydrogens (tertiary/aromatic N) is 3. The van der Waals surface area contributed by atoms with Crippen LogP contribution < -0.4 is 15.8 Å². The van der Waals surface area contributed by atoms with Gasteiger partial charge in [0.2, 0.25) is 0 Å². The Bertz CT molecular complexity index is 1240. The normalized spacial score (nSPS) is 10.7. The van der Waals surface area contributed by atoms with Gasteiger partial charge in [0, 0.05) is 5.56 Å². The molecule has 31 heavy (non-hydrogen) atoms. The summed E-state index contributed by atoms with van der Waals surface area (Å²) in [6.07, 6.45) is 3.24. The lowest BCUT2D eigenvalue weighted by Gasteiger charge is -2.09. The summed E-state index contributed by atoms with van der Waals surface area (Å²) in [5.41, 5.74) is 8.67. The number of nitrogens with two attached hydrogens (primary N) is 1. The first kappa shape index (κ1) is 20.7. The molecule has 3 N–H and O–H groups in total. The van der Waals surface area contributed by atoms with E-state index in [1.807, 2.05) is 36.4 Å². The van der Waals surface area contributed by atoms with Crippen LogP contribution in [0.2, 0.25) is 10.0 Å². The fourth-order valence-electron chi connectivity index (χ4n) is 3.11. The van der Waals surface area contributed by atoms with Gasteiger partial charge >= 0.3 is 0 Å².